The Hall–Kier alpha value is -3.21. The molecule has 0 bridgehead atoms. The van der Waals surface area contributed by atoms with Crippen molar-refractivity contribution in [3.05, 3.63) is 72.8 Å². The highest BCUT2D eigenvalue weighted by atomic mass is 32.2. The van der Waals surface area contributed by atoms with Gasteiger partial charge in [0, 0.05) is 24.7 Å². The van der Waals surface area contributed by atoms with Crippen molar-refractivity contribution >= 4 is 27.7 Å². The lowest BCUT2D eigenvalue weighted by atomic mass is 10.1. The molecule has 4 rings (SSSR count). The van der Waals surface area contributed by atoms with Crippen molar-refractivity contribution in [1.82, 2.24) is 9.62 Å². The molecule has 2 aliphatic heterocycles. The van der Waals surface area contributed by atoms with Gasteiger partial charge < -0.3 is 14.8 Å². The van der Waals surface area contributed by atoms with Crippen LogP contribution in [-0.4, -0.2) is 50.1 Å². The summed E-state index contributed by atoms with van der Waals surface area (Å²) in [6.45, 7) is 4.01. The number of carbonyl (C=O) groups excluding carboxylic acids is 2. The number of anilines is 1. The maximum atomic E-state index is 13.2. The van der Waals surface area contributed by atoms with Crippen LogP contribution in [0.2, 0.25) is 0 Å². The molecule has 0 spiro atoms. The van der Waals surface area contributed by atoms with Crippen LogP contribution in [0.1, 0.15) is 12.0 Å². The zero-order chi connectivity index (χ0) is 23.4. The highest BCUT2D eigenvalue weighted by Gasteiger charge is 2.46. The first kappa shape index (κ1) is 23.0. The number of hydrogen-bond acceptors (Lipinski definition) is 6. The van der Waals surface area contributed by atoms with Crippen molar-refractivity contribution < 1.29 is 27.5 Å². The third kappa shape index (κ3) is 5.41. The van der Waals surface area contributed by atoms with Gasteiger partial charge in [-0.15, -0.1) is 0 Å². The van der Waals surface area contributed by atoms with Crippen molar-refractivity contribution in [1.29, 1.82) is 0 Å². The zero-order valence-electron chi connectivity index (χ0n) is 17.8. The highest BCUT2D eigenvalue weighted by Crippen LogP contribution is 2.35. The van der Waals surface area contributed by atoms with Gasteiger partial charge in [0.05, 0.1) is 11.0 Å². The number of rotatable bonds is 7. The lowest BCUT2D eigenvalue weighted by Crippen LogP contribution is -2.37. The first-order chi connectivity index (χ1) is 15.8. The largest absolute Gasteiger partial charge is 0.444 e. The fourth-order valence-corrected chi connectivity index (χ4v) is 5.55. The minimum Gasteiger partial charge on any atom is -0.444 e. The Bertz CT molecular complexity index is 1120. The monoisotopic (exact) mass is 471 g/mol. The fraction of sp³-hybridized carbons (Fsp3) is 0.304. The highest BCUT2D eigenvalue weighted by molar-refractivity contribution is 7.89. The van der Waals surface area contributed by atoms with Gasteiger partial charge in [-0.2, -0.15) is 4.31 Å². The van der Waals surface area contributed by atoms with E-state index in [1.807, 2.05) is 30.3 Å². The molecule has 2 saturated heterocycles. The standard InChI is InChI=1S/C23H25N3O6S/c1-2-21(27)25-22-11-17-13-26(14-20(17)32-22)33(29,30)19-10-6-9-18(12-19)24-23(28)31-15-16-7-4-3-5-8-16/h2-10,12,17,20,22H,1,11,13-15H2,(H,24,28)(H,25,27). The molecule has 2 N–H and O–H groups in total. The van der Waals surface area contributed by atoms with Crippen molar-refractivity contribution in [2.75, 3.05) is 18.4 Å². The molecule has 174 valence electrons. The van der Waals surface area contributed by atoms with E-state index in [4.69, 9.17) is 9.47 Å². The molecule has 9 nitrogen and oxygen atoms in total. The predicted molar refractivity (Wildman–Crippen MR) is 121 cm³/mol. The molecule has 33 heavy (non-hydrogen) atoms. The van der Waals surface area contributed by atoms with Crippen LogP contribution in [0.4, 0.5) is 10.5 Å². The SMILES string of the molecule is C=CC(=O)NC1CC2CN(S(=O)(=O)c3cccc(NC(=O)OCc4ccccc4)c3)CC2O1. The van der Waals surface area contributed by atoms with Gasteiger partial charge in [0.25, 0.3) is 0 Å². The Balaban J connectivity index is 1.35. The number of sulfonamides is 1. The maximum absolute atomic E-state index is 13.2. The van der Waals surface area contributed by atoms with Gasteiger partial charge in [-0.1, -0.05) is 43.0 Å². The summed E-state index contributed by atoms with van der Waals surface area (Å²) in [5.41, 5.74) is 1.16. The molecule has 0 aromatic heterocycles. The first-order valence-corrected chi connectivity index (χ1v) is 12.0. The molecule has 2 fully saturated rings. The number of hydrogen-bond donors (Lipinski definition) is 2. The molecule has 0 radical (unpaired) electrons. The molecule has 2 aliphatic rings. The quantitative estimate of drug-likeness (QED) is 0.600. The smallest absolute Gasteiger partial charge is 0.411 e. The van der Waals surface area contributed by atoms with Crippen LogP contribution in [0, 0.1) is 5.92 Å². The van der Waals surface area contributed by atoms with Crippen LogP contribution in [0.3, 0.4) is 0 Å². The molecule has 3 unspecified atom stereocenters. The lowest BCUT2D eigenvalue weighted by Gasteiger charge is -2.20. The average Bonchev–Trinajstić information content (AvgIpc) is 3.38. The first-order valence-electron chi connectivity index (χ1n) is 10.5. The van der Waals surface area contributed by atoms with Crippen LogP contribution in [0.5, 0.6) is 0 Å². The molecule has 0 aliphatic carbocycles. The van der Waals surface area contributed by atoms with Crippen molar-refractivity contribution in [3.8, 4) is 0 Å². The van der Waals surface area contributed by atoms with Gasteiger partial charge in [0.2, 0.25) is 15.9 Å². The third-order valence-corrected chi connectivity index (χ3v) is 7.45. The number of nitrogens with one attached hydrogen (secondary N) is 2. The second kappa shape index (κ2) is 9.74. The maximum Gasteiger partial charge on any atom is 0.411 e. The Kier molecular flexibility index (Phi) is 6.77. The molecule has 2 aromatic carbocycles. The minimum absolute atomic E-state index is 0.0100. The van der Waals surface area contributed by atoms with Gasteiger partial charge in [0.15, 0.2) is 0 Å². The van der Waals surface area contributed by atoms with E-state index in [-0.39, 0.29) is 36.0 Å². The van der Waals surface area contributed by atoms with Crippen LogP contribution in [-0.2, 0) is 30.9 Å². The summed E-state index contributed by atoms with van der Waals surface area (Å²) in [7, 11) is -3.78. The number of nitrogens with zero attached hydrogens (tertiary/aromatic N) is 1. The summed E-state index contributed by atoms with van der Waals surface area (Å²) in [6, 6.07) is 15.3. The Morgan fingerprint density at radius 1 is 1.15 bits per heavy atom. The number of amides is 2. The minimum atomic E-state index is -3.78. The van der Waals surface area contributed by atoms with Crippen molar-refractivity contribution in [3.63, 3.8) is 0 Å². The van der Waals surface area contributed by atoms with Crippen LogP contribution in [0.15, 0.2) is 72.1 Å². The molecular weight excluding hydrogens is 446 g/mol. The molecule has 10 heteroatoms. The van der Waals surface area contributed by atoms with E-state index < -0.39 is 22.3 Å². The van der Waals surface area contributed by atoms with E-state index in [9.17, 15) is 18.0 Å². The van der Waals surface area contributed by atoms with E-state index in [1.54, 1.807) is 12.1 Å². The summed E-state index contributed by atoms with van der Waals surface area (Å²) in [5.74, 6) is -0.333. The fourth-order valence-electron chi connectivity index (χ4n) is 3.99. The number of ether oxygens (including phenoxy) is 2. The Morgan fingerprint density at radius 2 is 1.94 bits per heavy atom. The summed E-state index contributed by atoms with van der Waals surface area (Å²) in [5, 5.41) is 5.26. The van der Waals surface area contributed by atoms with Gasteiger partial charge >= 0.3 is 6.09 Å². The van der Waals surface area contributed by atoms with Crippen molar-refractivity contribution in [2.45, 2.75) is 30.3 Å². The topological polar surface area (TPSA) is 114 Å². The molecule has 0 saturated carbocycles. The van der Waals surface area contributed by atoms with Crippen LogP contribution < -0.4 is 10.6 Å². The van der Waals surface area contributed by atoms with E-state index in [0.717, 1.165) is 5.56 Å². The molecule has 2 aromatic rings. The normalized spacial score (nSPS) is 22.4. The lowest BCUT2D eigenvalue weighted by molar-refractivity contribution is -0.120. The zero-order valence-corrected chi connectivity index (χ0v) is 18.7. The summed E-state index contributed by atoms with van der Waals surface area (Å²) >= 11 is 0. The van der Waals surface area contributed by atoms with Crippen molar-refractivity contribution in [2.24, 2.45) is 5.92 Å². The Morgan fingerprint density at radius 3 is 2.67 bits per heavy atom. The molecule has 2 heterocycles. The van der Waals surface area contributed by atoms with Gasteiger partial charge in [-0.25, -0.2) is 13.2 Å². The summed E-state index contributed by atoms with van der Waals surface area (Å²) < 4.78 is 38.7. The average molecular weight is 472 g/mol. The molecular formula is C23H25N3O6S. The van der Waals surface area contributed by atoms with E-state index in [1.165, 1.54) is 22.5 Å². The van der Waals surface area contributed by atoms with Crippen LogP contribution >= 0.6 is 0 Å². The number of benzene rings is 2. The number of fused-ring (bicyclic) bond motifs is 1. The second-order valence-electron chi connectivity index (χ2n) is 7.91. The second-order valence-corrected chi connectivity index (χ2v) is 9.85. The van der Waals surface area contributed by atoms with Gasteiger partial charge in [0.1, 0.15) is 12.8 Å². The third-order valence-electron chi connectivity index (χ3n) is 5.62. The van der Waals surface area contributed by atoms with E-state index >= 15 is 0 Å². The predicted octanol–water partition coefficient (Wildman–Crippen LogP) is 2.47. The molecule has 2 amide bonds. The van der Waals surface area contributed by atoms with Crippen LogP contribution in [0.25, 0.3) is 0 Å². The van der Waals surface area contributed by atoms with Gasteiger partial charge in [-0.05, 0) is 36.3 Å². The molecule has 3 atom stereocenters. The number of carbonyl (C=O) groups is 2. The van der Waals surface area contributed by atoms with Gasteiger partial charge in [-0.3, -0.25) is 10.1 Å². The summed E-state index contributed by atoms with van der Waals surface area (Å²) in [6.07, 6.45) is 0.303. The Labute approximate surface area is 192 Å². The summed E-state index contributed by atoms with van der Waals surface area (Å²) in [4.78, 5) is 23.7. The van der Waals surface area contributed by atoms with E-state index in [0.29, 0.717) is 18.7 Å². The van der Waals surface area contributed by atoms with E-state index in [2.05, 4.69) is 17.2 Å².